The lowest BCUT2D eigenvalue weighted by molar-refractivity contribution is -0.0432. The number of nitrogen functional groups attached to an aromatic ring is 1. The van der Waals surface area contributed by atoms with E-state index >= 15 is 0 Å². The van der Waals surface area contributed by atoms with Gasteiger partial charge < -0.3 is 26.0 Å². The number of nitrogens with zero attached hydrogens (tertiary/aromatic N) is 4. The summed E-state index contributed by atoms with van der Waals surface area (Å²) >= 11 is 0. The van der Waals surface area contributed by atoms with Gasteiger partial charge in [0.05, 0.1) is 19.0 Å². The molecule has 1 aliphatic rings. The summed E-state index contributed by atoms with van der Waals surface area (Å²) in [7, 11) is 0. The van der Waals surface area contributed by atoms with Crippen LogP contribution in [0.5, 0.6) is 0 Å². The first kappa shape index (κ1) is 14.0. The van der Waals surface area contributed by atoms with E-state index in [1.54, 1.807) is 10.9 Å². The van der Waals surface area contributed by atoms with Gasteiger partial charge in [0.2, 0.25) is 5.95 Å². The van der Waals surface area contributed by atoms with Crippen LogP contribution in [0.15, 0.2) is 6.33 Å². The fourth-order valence-corrected chi connectivity index (χ4v) is 2.49. The Morgan fingerprint density at radius 1 is 1.52 bits per heavy atom. The Hall–Kier alpha value is -1.97. The SMILES string of the molecule is CCNc1nc(N)nc2c1ncn2[C@H]1C[C@@H](O)[C@@H](CO)O1. The van der Waals surface area contributed by atoms with E-state index in [1.807, 2.05) is 6.92 Å². The lowest BCUT2D eigenvalue weighted by atomic mass is 10.2. The molecular weight excluding hydrogens is 276 g/mol. The van der Waals surface area contributed by atoms with Crippen LogP contribution in [0.2, 0.25) is 0 Å². The van der Waals surface area contributed by atoms with Crippen LogP contribution in [-0.2, 0) is 4.74 Å². The molecule has 21 heavy (non-hydrogen) atoms. The highest BCUT2D eigenvalue weighted by Crippen LogP contribution is 2.31. The third kappa shape index (κ3) is 2.39. The molecule has 0 unspecified atom stereocenters. The van der Waals surface area contributed by atoms with E-state index in [0.29, 0.717) is 29.9 Å². The molecule has 0 aliphatic carbocycles. The molecular formula is C12H18N6O3. The molecule has 1 fully saturated rings. The van der Waals surface area contributed by atoms with E-state index < -0.39 is 18.4 Å². The Kier molecular flexibility index (Phi) is 3.62. The Labute approximate surface area is 120 Å². The highest BCUT2D eigenvalue weighted by atomic mass is 16.5. The van der Waals surface area contributed by atoms with Crippen LogP contribution in [0.25, 0.3) is 11.2 Å². The third-order valence-corrected chi connectivity index (χ3v) is 3.48. The van der Waals surface area contributed by atoms with Crippen molar-refractivity contribution in [3.8, 4) is 0 Å². The molecule has 0 amide bonds. The maximum absolute atomic E-state index is 9.84. The first-order valence-electron chi connectivity index (χ1n) is 6.82. The molecule has 2 aromatic heterocycles. The van der Waals surface area contributed by atoms with Gasteiger partial charge in [-0.2, -0.15) is 9.97 Å². The molecule has 5 N–H and O–H groups in total. The highest BCUT2D eigenvalue weighted by molar-refractivity contribution is 5.84. The van der Waals surface area contributed by atoms with Gasteiger partial charge in [-0.05, 0) is 6.92 Å². The summed E-state index contributed by atoms with van der Waals surface area (Å²) in [6, 6.07) is 0. The molecule has 9 heteroatoms. The number of aromatic nitrogens is 4. The number of hydrogen-bond acceptors (Lipinski definition) is 8. The number of hydrogen-bond donors (Lipinski definition) is 4. The monoisotopic (exact) mass is 294 g/mol. The standard InChI is InChI=1S/C12H18N6O3/c1-2-14-10-9-11(17-12(13)16-10)18(5-15-9)8-3-6(20)7(4-19)21-8/h5-8,19-20H,2-4H2,1H3,(H3,13,14,16,17)/t6-,7-,8-/m1/s1. The first-order chi connectivity index (χ1) is 10.1. The van der Waals surface area contributed by atoms with Crippen LogP contribution in [0, 0.1) is 0 Å². The van der Waals surface area contributed by atoms with Crippen LogP contribution in [0.3, 0.4) is 0 Å². The molecule has 1 saturated heterocycles. The number of aliphatic hydroxyl groups is 2. The number of nitrogens with two attached hydrogens (primary N) is 1. The van der Waals surface area contributed by atoms with Gasteiger partial charge in [0.25, 0.3) is 0 Å². The second-order valence-corrected chi connectivity index (χ2v) is 4.90. The average molecular weight is 294 g/mol. The Balaban J connectivity index is 2.01. The Bertz CT molecular complexity index is 645. The Morgan fingerprint density at radius 3 is 3.00 bits per heavy atom. The minimum absolute atomic E-state index is 0.137. The molecule has 114 valence electrons. The topological polar surface area (TPSA) is 131 Å². The average Bonchev–Trinajstić information content (AvgIpc) is 3.02. The van der Waals surface area contributed by atoms with E-state index in [1.165, 1.54) is 0 Å². The molecule has 3 rings (SSSR count). The van der Waals surface area contributed by atoms with Crippen molar-refractivity contribution in [2.45, 2.75) is 31.8 Å². The molecule has 0 spiro atoms. The summed E-state index contributed by atoms with van der Waals surface area (Å²) in [6.45, 7) is 2.40. The molecule has 3 atom stereocenters. The molecule has 0 bridgehead atoms. The van der Waals surface area contributed by atoms with Crippen molar-refractivity contribution in [3.63, 3.8) is 0 Å². The van der Waals surface area contributed by atoms with Crippen LogP contribution >= 0.6 is 0 Å². The van der Waals surface area contributed by atoms with Crippen LogP contribution in [-0.4, -0.2) is 55.1 Å². The van der Waals surface area contributed by atoms with Gasteiger partial charge in [-0.25, -0.2) is 4.98 Å². The third-order valence-electron chi connectivity index (χ3n) is 3.48. The predicted octanol–water partition coefficient (Wildman–Crippen LogP) is -0.519. The van der Waals surface area contributed by atoms with Gasteiger partial charge >= 0.3 is 0 Å². The number of fused-ring (bicyclic) bond motifs is 1. The molecule has 9 nitrogen and oxygen atoms in total. The fraction of sp³-hybridized carbons (Fsp3) is 0.583. The molecule has 1 aliphatic heterocycles. The summed E-state index contributed by atoms with van der Waals surface area (Å²) in [6.07, 6.45) is 0.184. The number of imidazole rings is 1. The zero-order chi connectivity index (χ0) is 15.0. The summed E-state index contributed by atoms with van der Waals surface area (Å²) in [5, 5.41) is 22.1. The van der Waals surface area contributed by atoms with Gasteiger partial charge in [0, 0.05) is 13.0 Å². The van der Waals surface area contributed by atoms with Crippen LogP contribution < -0.4 is 11.1 Å². The van der Waals surface area contributed by atoms with Crippen molar-refractivity contribution in [3.05, 3.63) is 6.33 Å². The summed E-state index contributed by atoms with van der Waals surface area (Å²) in [5.74, 6) is 0.702. The van der Waals surface area contributed by atoms with Gasteiger partial charge in [-0.1, -0.05) is 0 Å². The van der Waals surface area contributed by atoms with Crippen molar-refractivity contribution in [1.29, 1.82) is 0 Å². The molecule has 3 heterocycles. The Morgan fingerprint density at radius 2 is 2.33 bits per heavy atom. The van der Waals surface area contributed by atoms with E-state index in [4.69, 9.17) is 15.6 Å². The second kappa shape index (κ2) is 5.43. The molecule has 0 aromatic carbocycles. The van der Waals surface area contributed by atoms with E-state index in [2.05, 4.69) is 20.3 Å². The van der Waals surface area contributed by atoms with Crippen LogP contribution in [0.4, 0.5) is 11.8 Å². The van der Waals surface area contributed by atoms with E-state index in [9.17, 15) is 5.11 Å². The zero-order valence-corrected chi connectivity index (χ0v) is 11.6. The van der Waals surface area contributed by atoms with Crippen molar-refractivity contribution in [1.82, 2.24) is 19.5 Å². The van der Waals surface area contributed by atoms with Crippen LogP contribution in [0.1, 0.15) is 19.6 Å². The fourth-order valence-electron chi connectivity index (χ4n) is 2.49. The first-order valence-corrected chi connectivity index (χ1v) is 6.82. The maximum Gasteiger partial charge on any atom is 0.224 e. The van der Waals surface area contributed by atoms with Crippen molar-refractivity contribution in [2.24, 2.45) is 0 Å². The molecule has 2 aromatic rings. The lowest BCUT2D eigenvalue weighted by Crippen LogP contribution is -2.24. The minimum atomic E-state index is -0.718. The van der Waals surface area contributed by atoms with Gasteiger partial charge in [-0.15, -0.1) is 0 Å². The number of nitrogens with one attached hydrogen (secondary N) is 1. The normalized spacial score (nSPS) is 25.6. The summed E-state index contributed by atoms with van der Waals surface area (Å²) < 4.78 is 7.32. The number of ether oxygens (including phenoxy) is 1. The number of aliphatic hydroxyl groups excluding tert-OH is 2. The smallest absolute Gasteiger partial charge is 0.224 e. The number of rotatable bonds is 4. The predicted molar refractivity (Wildman–Crippen MR) is 75.5 cm³/mol. The van der Waals surface area contributed by atoms with Crippen molar-refractivity contribution in [2.75, 3.05) is 24.2 Å². The van der Waals surface area contributed by atoms with Crippen molar-refractivity contribution < 1.29 is 14.9 Å². The molecule has 0 saturated carbocycles. The largest absolute Gasteiger partial charge is 0.394 e. The number of anilines is 2. The minimum Gasteiger partial charge on any atom is -0.394 e. The highest BCUT2D eigenvalue weighted by Gasteiger charge is 2.35. The summed E-state index contributed by atoms with van der Waals surface area (Å²) in [5.41, 5.74) is 6.86. The second-order valence-electron chi connectivity index (χ2n) is 4.90. The van der Waals surface area contributed by atoms with Gasteiger partial charge in [0.1, 0.15) is 12.3 Å². The zero-order valence-electron chi connectivity index (χ0n) is 11.6. The molecule has 0 radical (unpaired) electrons. The summed E-state index contributed by atoms with van der Waals surface area (Å²) in [4.78, 5) is 12.6. The maximum atomic E-state index is 9.84. The van der Waals surface area contributed by atoms with Gasteiger partial charge in [-0.3, -0.25) is 4.57 Å². The van der Waals surface area contributed by atoms with Gasteiger partial charge in [0.15, 0.2) is 17.0 Å². The van der Waals surface area contributed by atoms with Crippen molar-refractivity contribution >= 4 is 22.9 Å². The lowest BCUT2D eigenvalue weighted by Gasteiger charge is -2.14. The van der Waals surface area contributed by atoms with E-state index in [-0.39, 0.29) is 12.6 Å². The quantitative estimate of drug-likeness (QED) is 0.592. The van der Waals surface area contributed by atoms with E-state index in [0.717, 1.165) is 0 Å².